The van der Waals surface area contributed by atoms with E-state index in [-0.39, 0.29) is 24.3 Å². The van der Waals surface area contributed by atoms with Crippen LogP contribution in [0.5, 0.6) is 0 Å². The number of nitro benzene ring substituents is 1. The molecule has 0 fully saturated rings. The minimum Gasteiger partial charge on any atom is -0.354 e. The average Bonchev–Trinajstić information content (AvgIpc) is 2.96. The lowest BCUT2D eigenvalue weighted by atomic mass is 10.1. The Morgan fingerprint density at radius 1 is 1.33 bits per heavy atom. The third-order valence-electron chi connectivity index (χ3n) is 3.84. The van der Waals surface area contributed by atoms with E-state index in [0.29, 0.717) is 5.56 Å². The summed E-state index contributed by atoms with van der Waals surface area (Å²) >= 11 is 0. The molecule has 2 N–H and O–H groups in total. The van der Waals surface area contributed by atoms with Crippen LogP contribution in [0.25, 0.3) is 0 Å². The topological polar surface area (TPSA) is 89.2 Å². The average molecular weight is 330 g/mol. The molecule has 24 heavy (non-hydrogen) atoms. The highest BCUT2D eigenvalue weighted by molar-refractivity contribution is 5.74. The summed E-state index contributed by atoms with van der Waals surface area (Å²) in [5.41, 5.74) is 1.93. The SMILES string of the molecule is C[C@H](CCc1cccn1C)NC(=O)NCc1cccc([N+](=O)[O-])c1. The van der Waals surface area contributed by atoms with Crippen LogP contribution in [0.1, 0.15) is 24.6 Å². The first-order chi connectivity index (χ1) is 11.5. The third kappa shape index (κ3) is 5.12. The number of aromatic nitrogens is 1. The van der Waals surface area contributed by atoms with E-state index in [1.54, 1.807) is 12.1 Å². The first kappa shape index (κ1) is 17.5. The Hall–Kier alpha value is -2.83. The molecule has 2 rings (SSSR count). The summed E-state index contributed by atoms with van der Waals surface area (Å²) < 4.78 is 2.06. The van der Waals surface area contributed by atoms with Crippen LogP contribution in [0.3, 0.4) is 0 Å². The highest BCUT2D eigenvalue weighted by Gasteiger charge is 2.09. The van der Waals surface area contributed by atoms with Crippen LogP contribution in [0.15, 0.2) is 42.6 Å². The monoisotopic (exact) mass is 330 g/mol. The summed E-state index contributed by atoms with van der Waals surface area (Å²) in [6.45, 7) is 2.20. The Balaban J connectivity index is 1.75. The summed E-state index contributed by atoms with van der Waals surface area (Å²) in [5, 5.41) is 16.3. The van der Waals surface area contributed by atoms with Gasteiger partial charge in [-0.1, -0.05) is 12.1 Å². The van der Waals surface area contributed by atoms with Gasteiger partial charge in [-0.3, -0.25) is 10.1 Å². The first-order valence-electron chi connectivity index (χ1n) is 7.83. The molecule has 0 aliphatic heterocycles. The van der Waals surface area contributed by atoms with Gasteiger partial charge in [-0.05, 0) is 37.5 Å². The minimum absolute atomic E-state index is 0.0191. The van der Waals surface area contributed by atoms with Crippen molar-refractivity contribution < 1.29 is 9.72 Å². The van der Waals surface area contributed by atoms with Crippen molar-refractivity contribution in [3.05, 3.63) is 64.0 Å². The number of carbonyl (C=O) groups is 1. The molecule has 1 atom stereocenters. The number of hydrogen-bond donors (Lipinski definition) is 2. The highest BCUT2D eigenvalue weighted by Crippen LogP contribution is 2.12. The van der Waals surface area contributed by atoms with Crippen molar-refractivity contribution in [1.29, 1.82) is 0 Å². The van der Waals surface area contributed by atoms with Crippen LogP contribution >= 0.6 is 0 Å². The van der Waals surface area contributed by atoms with Gasteiger partial charge >= 0.3 is 6.03 Å². The van der Waals surface area contributed by atoms with Gasteiger partial charge in [0.25, 0.3) is 5.69 Å². The summed E-state index contributed by atoms with van der Waals surface area (Å²) in [6, 6.07) is 10.1. The smallest absolute Gasteiger partial charge is 0.315 e. The van der Waals surface area contributed by atoms with Gasteiger partial charge < -0.3 is 15.2 Å². The standard InChI is InChI=1S/C17H22N4O3/c1-13(8-9-15-7-4-10-20(15)2)19-17(22)18-12-14-5-3-6-16(11-14)21(23)24/h3-7,10-11,13H,8-9,12H2,1-2H3,(H2,18,19,22)/t13-/m1/s1. The second kappa shape index (κ2) is 8.14. The summed E-state index contributed by atoms with van der Waals surface area (Å²) in [4.78, 5) is 22.2. The first-order valence-corrected chi connectivity index (χ1v) is 7.83. The van der Waals surface area contributed by atoms with Gasteiger partial charge in [0.15, 0.2) is 0 Å². The molecule has 1 aromatic carbocycles. The Kier molecular flexibility index (Phi) is 5.95. The van der Waals surface area contributed by atoms with E-state index < -0.39 is 4.92 Å². The van der Waals surface area contributed by atoms with Crippen LogP contribution in [0, 0.1) is 10.1 Å². The number of benzene rings is 1. The number of nitro groups is 1. The van der Waals surface area contributed by atoms with Crippen LogP contribution < -0.4 is 10.6 Å². The van der Waals surface area contributed by atoms with Crippen molar-refractivity contribution in [2.24, 2.45) is 7.05 Å². The fraction of sp³-hybridized carbons (Fsp3) is 0.353. The van der Waals surface area contributed by atoms with Crippen molar-refractivity contribution >= 4 is 11.7 Å². The van der Waals surface area contributed by atoms with E-state index >= 15 is 0 Å². The van der Waals surface area contributed by atoms with Gasteiger partial charge in [-0.25, -0.2) is 4.79 Å². The molecule has 0 spiro atoms. The number of amides is 2. The molecule has 7 nitrogen and oxygen atoms in total. The molecule has 0 radical (unpaired) electrons. The zero-order chi connectivity index (χ0) is 17.5. The molecule has 0 saturated carbocycles. The Bertz CT molecular complexity index is 711. The van der Waals surface area contributed by atoms with Gasteiger partial charge in [0, 0.05) is 43.7 Å². The normalized spacial score (nSPS) is 11.8. The fourth-order valence-corrected chi connectivity index (χ4v) is 2.43. The lowest BCUT2D eigenvalue weighted by molar-refractivity contribution is -0.384. The minimum atomic E-state index is -0.449. The number of hydrogen-bond acceptors (Lipinski definition) is 3. The number of rotatable bonds is 7. The van der Waals surface area contributed by atoms with Gasteiger partial charge in [0.2, 0.25) is 0 Å². The fourth-order valence-electron chi connectivity index (χ4n) is 2.43. The Morgan fingerprint density at radius 2 is 2.12 bits per heavy atom. The maximum Gasteiger partial charge on any atom is 0.315 e. The molecular weight excluding hydrogens is 308 g/mol. The van der Waals surface area contributed by atoms with Gasteiger partial charge in [-0.15, -0.1) is 0 Å². The Labute approximate surface area is 140 Å². The number of urea groups is 1. The maximum absolute atomic E-state index is 11.9. The number of nitrogens with one attached hydrogen (secondary N) is 2. The number of non-ortho nitro benzene ring substituents is 1. The largest absolute Gasteiger partial charge is 0.354 e. The van der Waals surface area contributed by atoms with E-state index in [1.807, 2.05) is 26.2 Å². The van der Waals surface area contributed by atoms with Crippen molar-refractivity contribution in [3.63, 3.8) is 0 Å². The van der Waals surface area contributed by atoms with E-state index in [2.05, 4.69) is 21.3 Å². The zero-order valence-corrected chi connectivity index (χ0v) is 13.9. The van der Waals surface area contributed by atoms with E-state index in [4.69, 9.17) is 0 Å². The molecule has 0 saturated heterocycles. The highest BCUT2D eigenvalue weighted by atomic mass is 16.6. The maximum atomic E-state index is 11.9. The van der Waals surface area contributed by atoms with E-state index in [9.17, 15) is 14.9 Å². The lowest BCUT2D eigenvalue weighted by Gasteiger charge is -2.15. The molecular formula is C17H22N4O3. The molecule has 2 amide bonds. The second-order valence-corrected chi connectivity index (χ2v) is 5.80. The van der Waals surface area contributed by atoms with Crippen molar-refractivity contribution in [2.45, 2.75) is 32.4 Å². The summed E-state index contributed by atoms with van der Waals surface area (Å²) in [6.07, 6.45) is 3.72. The molecule has 0 aliphatic carbocycles. The predicted molar refractivity (Wildman–Crippen MR) is 91.7 cm³/mol. The van der Waals surface area contributed by atoms with Gasteiger partial charge in [-0.2, -0.15) is 0 Å². The predicted octanol–water partition coefficient (Wildman–Crippen LogP) is 2.75. The molecule has 1 aromatic heterocycles. The summed E-state index contributed by atoms with van der Waals surface area (Å²) in [5.74, 6) is 0. The second-order valence-electron chi connectivity index (χ2n) is 5.80. The number of nitrogens with zero attached hydrogens (tertiary/aromatic N) is 2. The van der Waals surface area contributed by atoms with E-state index in [1.165, 1.54) is 17.8 Å². The zero-order valence-electron chi connectivity index (χ0n) is 13.9. The van der Waals surface area contributed by atoms with Crippen LogP contribution in [0.4, 0.5) is 10.5 Å². The summed E-state index contributed by atoms with van der Waals surface area (Å²) in [7, 11) is 2.00. The van der Waals surface area contributed by atoms with Crippen molar-refractivity contribution in [2.75, 3.05) is 0 Å². The van der Waals surface area contributed by atoms with Gasteiger partial charge in [0.05, 0.1) is 4.92 Å². The van der Waals surface area contributed by atoms with E-state index in [0.717, 1.165) is 12.8 Å². The number of carbonyl (C=O) groups excluding carboxylic acids is 1. The van der Waals surface area contributed by atoms with Crippen LogP contribution in [0.2, 0.25) is 0 Å². The van der Waals surface area contributed by atoms with Crippen molar-refractivity contribution in [3.8, 4) is 0 Å². The quantitative estimate of drug-likeness (QED) is 0.604. The molecule has 0 unspecified atom stereocenters. The van der Waals surface area contributed by atoms with Gasteiger partial charge in [0.1, 0.15) is 0 Å². The van der Waals surface area contributed by atoms with Crippen LogP contribution in [-0.4, -0.2) is 21.6 Å². The molecule has 0 bridgehead atoms. The molecule has 7 heteroatoms. The van der Waals surface area contributed by atoms with Crippen LogP contribution in [-0.2, 0) is 20.0 Å². The molecule has 1 heterocycles. The molecule has 0 aliphatic rings. The third-order valence-corrected chi connectivity index (χ3v) is 3.84. The van der Waals surface area contributed by atoms with Crippen molar-refractivity contribution in [1.82, 2.24) is 15.2 Å². The molecule has 128 valence electrons. The number of aryl methyl sites for hydroxylation is 2. The molecule has 2 aromatic rings. The lowest BCUT2D eigenvalue weighted by Crippen LogP contribution is -2.40. The Morgan fingerprint density at radius 3 is 2.79 bits per heavy atom.